The molecule has 0 aromatic carbocycles. The lowest BCUT2D eigenvalue weighted by Crippen LogP contribution is -2.44. The van der Waals surface area contributed by atoms with Gasteiger partial charge in [-0.05, 0) is 61.7 Å². The summed E-state index contributed by atoms with van der Waals surface area (Å²) in [5.74, 6) is -0.830. The van der Waals surface area contributed by atoms with E-state index in [0.29, 0.717) is 24.3 Å². The average Bonchev–Trinajstić information content (AvgIpc) is 3.11. The van der Waals surface area contributed by atoms with Gasteiger partial charge < -0.3 is 9.47 Å². The van der Waals surface area contributed by atoms with Crippen LogP contribution in [-0.4, -0.2) is 47.5 Å². The predicted octanol–water partition coefficient (Wildman–Crippen LogP) is 3.64. The van der Waals surface area contributed by atoms with Gasteiger partial charge in [0, 0.05) is 6.54 Å². The number of ether oxygens (including phenoxy) is 2. The van der Waals surface area contributed by atoms with E-state index >= 15 is 0 Å². The molecular formula is C16H20BrNO5S. The molecule has 0 radical (unpaired) electrons. The second kappa shape index (κ2) is 7.65. The number of rotatable bonds is 4. The van der Waals surface area contributed by atoms with Crippen LogP contribution < -0.4 is 0 Å². The Hall–Kier alpha value is -1.41. The Kier molecular flexibility index (Phi) is 6.03. The van der Waals surface area contributed by atoms with Crippen molar-refractivity contribution in [2.75, 3.05) is 13.2 Å². The van der Waals surface area contributed by atoms with E-state index in [0.717, 1.165) is 3.79 Å². The van der Waals surface area contributed by atoms with Gasteiger partial charge in [-0.1, -0.05) is 0 Å². The zero-order valence-corrected chi connectivity index (χ0v) is 16.2. The first-order chi connectivity index (χ1) is 11.2. The summed E-state index contributed by atoms with van der Waals surface area (Å²) < 4.78 is 11.3. The van der Waals surface area contributed by atoms with Crippen LogP contribution in [0.25, 0.3) is 0 Å². The number of hydrogen-bond acceptors (Lipinski definition) is 6. The Balaban J connectivity index is 1.91. The molecule has 2 rings (SSSR count). The summed E-state index contributed by atoms with van der Waals surface area (Å²) >= 11 is 4.57. The number of carbonyl (C=O) groups is 3. The molecule has 0 N–H and O–H groups in total. The first-order valence-corrected chi connectivity index (χ1v) is 9.23. The molecule has 0 saturated carbocycles. The largest absolute Gasteiger partial charge is 0.456 e. The standard InChI is InChI=1S/C16H20BrNO5S/c1-16(2,3)23-15(21)18-8-4-5-10(18)14(20)22-9-11(19)12-6-7-13(17)24-12/h6-7,10H,4-5,8-9H2,1-3H3. The maximum absolute atomic E-state index is 12.2. The monoisotopic (exact) mass is 417 g/mol. The van der Waals surface area contributed by atoms with Crippen LogP contribution in [0, 0.1) is 0 Å². The van der Waals surface area contributed by atoms with Crippen molar-refractivity contribution >= 4 is 45.1 Å². The summed E-state index contributed by atoms with van der Waals surface area (Å²) in [5, 5.41) is 0. The third-order valence-electron chi connectivity index (χ3n) is 3.35. The van der Waals surface area contributed by atoms with Crippen LogP contribution in [0.15, 0.2) is 15.9 Å². The summed E-state index contributed by atoms with van der Waals surface area (Å²) in [6, 6.07) is 2.75. The van der Waals surface area contributed by atoms with E-state index in [1.807, 2.05) is 0 Å². The highest BCUT2D eigenvalue weighted by Gasteiger charge is 2.37. The molecule has 24 heavy (non-hydrogen) atoms. The Morgan fingerprint density at radius 1 is 1.33 bits per heavy atom. The summed E-state index contributed by atoms with van der Waals surface area (Å²) in [7, 11) is 0. The van der Waals surface area contributed by atoms with Crippen LogP contribution in [0.1, 0.15) is 43.3 Å². The number of hydrogen-bond donors (Lipinski definition) is 0. The van der Waals surface area contributed by atoms with Crippen LogP contribution >= 0.6 is 27.3 Å². The van der Waals surface area contributed by atoms with Crippen LogP contribution in [0.5, 0.6) is 0 Å². The molecule has 1 unspecified atom stereocenters. The molecule has 1 aliphatic rings. The van der Waals surface area contributed by atoms with Crippen LogP contribution in [-0.2, 0) is 14.3 Å². The van der Waals surface area contributed by atoms with E-state index in [2.05, 4.69) is 15.9 Å². The number of amides is 1. The fourth-order valence-electron chi connectivity index (χ4n) is 2.32. The summed E-state index contributed by atoms with van der Waals surface area (Å²) in [6.45, 7) is 5.43. The van der Waals surface area contributed by atoms with Gasteiger partial charge in [-0.25, -0.2) is 9.59 Å². The molecule has 132 valence electrons. The molecule has 6 nitrogen and oxygen atoms in total. The molecule has 1 aliphatic heterocycles. The number of nitrogens with zero attached hydrogens (tertiary/aromatic N) is 1. The molecule has 1 aromatic rings. The summed E-state index contributed by atoms with van der Waals surface area (Å²) in [6.07, 6.45) is 0.678. The summed E-state index contributed by atoms with van der Waals surface area (Å²) in [4.78, 5) is 38.3. The highest BCUT2D eigenvalue weighted by Crippen LogP contribution is 2.24. The number of Topliss-reactive ketones (excluding diaryl/α,β-unsaturated/α-hetero) is 1. The van der Waals surface area contributed by atoms with Gasteiger partial charge in [0.2, 0.25) is 5.78 Å². The van der Waals surface area contributed by atoms with Gasteiger partial charge in [0.25, 0.3) is 0 Å². The molecule has 1 aromatic heterocycles. The van der Waals surface area contributed by atoms with E-state index in [-0.39, 0.29) is 12.4 Å². The molecule has 2 heterocycles. The van der Waals surface area contributed by atoms with Crippen molar-refractivity contribution in [2.45, 2.75) is 45.3 Å². The normalized spacial score (nSPS) is 17.7. The van der Waals surface area contributed by atoms with Gasteiger partial charge in [0.05, 0.1) is 8.66 Å². The maximum atomic E-state index is 12.2. The topological polar surface area (TPSA) is 72.9 Å². The van der Waals surface area contributed by atoms with E-state index in [9.17, 15) is 14.4 Å². The van der Waals surface area contributed by atoms with Crippen molar-refractivity contribution in [3.05, 3.63) is 20.8 Å². The molecule has 8 heteroatoms. The lowest BCUT2D eigenvalue weighted by molar-refractivity contribution is -0.147. The van der Waals surface area contributed by atoms with Gasteiger partial charge in [-0.15, -0.1) is 11.3 Å². The lowest BCUT2D eigenvalue weighted by atomic mass is 10.2. The Morgan fingerprint density at radius 2 is 2.04 bits per heavy atom. The van der Waals surface area contributed by atoms with E-state index in [1.165, 1.54) is 16.2 Å². The minimum absolute atomic E-state index is 0.263. The number of ketones is 1. The van der Waals surface area contributed by atoms with Crippen molar-refractivity contribution in [1.82, 2.24) is 4.90 Å². The number of carbonyl (C=O) groups excluding carboxylic acids is 3. The van der Waals surface area contributed by atoms with Crippen molar-refractivity contribution in [2.24, 2.45) is 0 Å². The van der Waals surface area contributed by atoms with Crippen LogP contribution in [0.3, 0.4) is 0 Å². The fraction of sp³-hybridized carbons (Fsp3) is 0.562. The van der Waals surface area contributed by atoms with Gasteiger partial charge in [-0.2, -0.15) is 0 Å². The molecular weight excluding hydrogens is 398 g/mol. The molecule has 1 amide bonds. The van der Waals surface area contributed by atoms with Crippen molar-refractivity contribution in [3.63, 3.8) is 0 Å². The molecule has 0 bridgehead atoms. The second-order valence-electron chi connectivity index (χ2n) is 6.47. The third kappa shape index (κ3) is 5.04. The van der Waals surface area contributed by atoms with Gasteiger partial charge >= 0.3 is 12.1 Å². The molecule has 0 aliphatic carbocycles. The van der Waals surface area contributed by atoms with E-state index < -0.39 is 23.7 Å². The van der Waals surface area contributed by atoms with Crippen molar-refractivity contribution < 1.29 is 23.9 Å². The van der Waals surface area contributed by atoms with Crippen molar-refractivity contribution in [1.29, 1.82) is 0 Å². The van der Waals surface area contributed by atoms with Gasteiger partial charge in [-0.3, -0.25) is 9.69 Å². The molecule has 1 saturated heterocycles. The molecule has 1 atom stereocenters. The van der Waals surface area contributed by atoms with E-state index in [4.69, 9.17) is 9.47 Å². The Morgan fingerprint density at radius 3 is 2.62 bits per heavy atom. The minimum Gasteiger partial charge on any atom is -0.456 e. The zero-order valence-electron chi connectivity index (χ0n) is 13.8. The Bertz CT molecular complexity index is 637. The minimum atomic E-state index is -0.692. The van der Waals surface area contributed by atoms with Gasteiger partial charge in [0.1, 0.15) is 11.6 Å². The number of halogens is 1. The molecule has 1 fully saturated rings. The van der Waals surface area contributed by atoms with Crippen LogP contribution in [0.2, 0.25) is 0 Å². The fourth-order valence-corrected chi connectivity index (χ4v) is 3.63. The first kappa shape index (κ1) is 18.9. The van der Waals surface area contributed by atoms with Crippen molar-refractivity contribution in [3.8, 4) is 0 Å². The number of esters is 1. The number of likely N-dealkylation sites (tertiary alicyclic amines) is 1. The van der Waals surface area contributed by atoms with Crippen LogP contribution in [0.4, 0.5) is 4.79 Å². The van der Waals surface area contributed by atoms with E-state index in [1.54, 1.807) is 32.9 Å². The lowest BCUT2D eigenvalue weighted by Gasteiger charge is -2.27. The summed E-state index contributed by atoms with van der Waals surface area (Å²) in [5.41, 5.74) is -0.628. The maximum Gasteiger partial charge on any atom is 0.411 e. The second-order valence-corrected chi connectivity index (χ2v) is 8.93. The first-order valence-electron chi connectivity index (χ1n) is 7.62. The quantitative estimate of drug-likeness (QED) is 0.552. The van der Waals surface area contributed by atoms with Gasteiger partial charge in [0.15, 0.2) is 6.61 Å². The highest BCUT2D eigenvalue weighted by molar-refractivity contribution is 9.11. The SMILES string of the molecule is CC(C)(C)OC(=O)N1CCCC1C(=O)OCC(=O)c1ccc(Br)s1. The highest BCUT2D eigenvalue weighted by atomic mass is 79.9. The average molecular weight is 418 g/mol. The zero-order chi connectivity index (χ0) is 17.9. The predicted molar refractivity (Wildman–Crippen MR) is 93.3 cm³/mol. The molecule has 0 spiro atoms. The smallest absolute Gasteiger partial charge is 0.411 e. The third-order valence-corrected chi connectivity index (χ3v) is 5.01. The number of thiophene rings is 1. The Labute approximate surface area is 153 Å².